The van der Waals surface area contributed by atoms with Crippen LogP contribution in [0.15, 0.2) is 66.7 Å². The van der Waals surface area contributed by atoms with Crippen LogP contribution in [-0.4, -0.2) is 35.1 Å². The minimum atomic E-state index is -0.702. The highest BCUT2D eigenvalue weighted by molar-refractivity contribution is 5.85. The number of carbonyl (C=O) groups is 1. The average Bonchev–Trinajstić information content (AvgIpc) is 2.55. The van der Waals surface area contributed by atoms with Gasteiger partial charge in [0.15, 0.2) is 0 Å². The number of hydrogen-bond acceptors (Lipinski definition) is 2. The minimum absolute atomic E-state index is 0. The molecule has 3 nitrogen and oxygen atoms in total. The highest BCUT2D eigenvalue weighted by Crippen LogP contribution is 2.24. The van der Waals surface area contributed by atoms with E-state index in [4.69, 9.17) is 5.11 Å². The zero-order valence-corrected chi connectivity index (χ0v) is 14.3. The molecule has 4 heteroatoms. The predicted molar refractivity (Wildman–Crippen MR) is 99.4 cm³/mol. The predicted octanol–water partition coefficient (Wildman–Crippen LogP) is 4.09. The Hall–Kier alpha value is -2.10. The third-order valence-corrected chi connectivity index (χ3v) is 4.35. The number of hydrogen-bond donors (Lipinski definition) is 1. The van der Waals surface area contributed by atoms with Gasteiger partial charge in [-0.2, -0.15) is 0 Å². The molecule has 0 saturated carbocycles. The van der Waals surface area contributed by atoms with E-state index in [2.05, 4.69) is 30.3 Å². The van der Waals surface area contributed by atoms with E-state index >= 15 is 0 Å². The SMILES string of the molecule is Cl.O=C(O)C1CCN1CCC=C(c1ccccc1)c1ccccc1. The maximum absolute atomic E-state index is 11.1. The molecule has 24 heavy (non-hydrogen) atoms. The van der Waals surface area contributed by atoms with Gasteiger partial charge in [0.2, 0.25) is 0 Å². The van der Waals surface area contributed by atoms with Gasteiger partial charge in [-0.25, -0.2) is 0 Å². The lowest BCUT2D eigenvalue weighted by Gasteiger charge is -2.37. The monoisotopic (exact) mass is 343 g/mol. The molecule has 1 N–H and O–H groups in total. The molecule has 126 valence electrons. The van der Waals surface area contributed by atoms with Gasteiger partial charge in [0.25, 0.3) is 0 Å². The first kappa shape index (κ1) is 18.2. The molecule has 1 aliphatic rings. The Morgan fingerprint density at radius 2 is 1.58 bits per heavy atom. The summed E-state index contributed by atoms with van der Waals surface area (Å²) in [5.74, 6) is -0.702. The van der Waals surface area contributed by atoms with Crippen LogP contribution in [0, 0.1) is 0 Å². The van der Waals surface area contributed by atoms with Crippen LogP contribution in [0.25, 0.3) is 5.57 Å². The van der Waals surface area contributed by atoms with Gasteiger partial charge in [0.1, 0.15) is 6.04 Å². The first-order valence-electron chi connectivity index (χ1n) is 8.03. The summed E-state index contributed by atoms with van der Waals surface area (Å²) in [4.78, 5) is 13.1. The van der Waals surface area contributed by atoms with Crippen LogP contribution < -0.4 is 0 Å². The quantitative estimate of drug-likeness (QED) is 0.858. The van der Waals surface area contributed by atoms with Crippen molar-refractivity contribution in [1.29, 1.82) is 0 Å². The second-order valence-electron chi connectivity index (χ2n) is 5.82. The van der Waals surface area contributed by atoms with Gasteiger partial charge < -0.3 is 5.11 Å². The molecular weight excluding hydrogens is 322 g/mol. The maximum Gasteiger partial charge on any atom is 0.320 e. The Morgan fingerprint density at radius 1 is 1.04 bits per heavy atom. The fourth-order valence-electron chi connectivity index (χ4n) is 3.00. The number of nitrogens with zero attached hydrogens (tertiary/aromatic N) is 1. The maximum atomic E-state index is 11.1. The summed E-state index contributed by atoms with van der Waals surface area (Å²) < 4.78 is 0. The van der Waals surface area contributed by atoms with Crippen molar-refractivity contribution >= 4 is 23.9 Å². The van der Waals surface area contributed by atoms with E-state index in [1.807, 2.05) is 41.3 Å². The van der Waals surface area contributed by atoms with Gasteiger partial charge in [-0.1, -0.05) is 66.7 Å². The summed E-state index contributed by atoms with van der Waals surface area (Å²) >= 11 is 0. The van der Waals surface area contributed by atoms with Crippen LogP contribution in [0.3, 0.4) is 0 Å². The molecule has 0 spiro atoms. The van der Waals surface area contributed by atoms with Crippen LogP contribution in [-0.2, 0) is 4.79 Å². The second kappa shape index (κ2) is 8.67. The van der Waals surface area contributed by atoms with Crippen LogP contribution in [0.2, 0.25) is 0 Å². The van der Waals surface area contributed by atoms with Crippen LogP contribution in [0.5, 0.6) is 0 Å². The lowest BCUT2D eigenvalue weighted by atomic mass is 9.96. The number of likely N-dealkylation sites (tertiary alicyclic amines) is 1. The lowest BCUT2D eigenvalue weighted by Crippen LogP contribution is -2.52. The number of carboxylic acids is 1. The Morgan fingerprint density at radius 3 is 2.00 bits per heavy atom. The van der Waals surface area contributed by atoms with Gasteiger partial charge in [0.05, 0.1) is 0 Å². The van der Waals surface area contributed by atoms with Gasteiger partial charge in [-0.3, -0.25) is 9.69 Å². The molecule has 0 radical (unpaired) electrons. The largest absolute Gasteiger partial charge is 0.480 e. The molecule has 0 aliphatic carbocycles. The summed E-state index contributed by atoms with van der Waals surface area (Å²) in [5.41, 5.74) is 3.59. The molecule has 2 aromatic carbocycles. The standard InChI is InChI=1S/C20H21NO2.ClH/c22-20(23)19-13-15-21(19)14-7-12-18(16-8-3-1-4-9-16)17-10-5-2-6-11-17;/h1-6,8-12,19H,7,13-15H2,(H,22,23);1H. The molecule has 1 unspecified atom stereocenters. The molecule has 1 saturated heterocycles. The van der Waals surface area contributed by atoms with Gasteiger partial charge in [-0.15, -0.1) is 12.4 Å². The summed E-state index contributed by atoms with van der Waals surface area (Å²) in [5, 5.41) is 9.11. The summed E-state index contributed by atoms with van der Waals surface area (Å²) in [7, 11) is 0. The van der Waals surface area contributed by atoms with Crippen LogP contribution >= 0.6 is 12.4 Å². The number of benzene rings is 2. The molecule has 1 aliphatic heterocycles. The second-order valence-corrected chi connectivity index (χ2v) is 5.82. The smallest absolute Gasteiger partial charge is 0.320 e. The van der Waals surface area contributed by atoms with Crippen molar-refractivity contribution in [3.63, 3.8) is 0 Å². The van der Waals surface area contributed by atoms with Gasteiger partial charge in [-0.05, 0) is 29.5 Å². The number of rotatable bonds is 6. The summed E-state index contributed by atoms with van der Waals surface area (Å²) in [6.45, 7) is 1.68. The number of carboxylic acid groups (broad SMARTS) is 1. The molecule has 0 bridgehead atoms. The van der Waals surface area contributed by atoms with E-state index in [1.54, 1.807) is 0 Å². The lowest BCUT2D eigenvalue weighted by molar-refractivity contribution is -0.148. The molecule has 3 rings (SSSR count). The Balaban J connectivity index is 0.00000208. The van der Waals surface area contributed by atoms with E-state index in [-0.39, 0.29) is 18.4 Å². The summed E-state index contributed by atoms with van der Waals surface area (Å²) in [6.07, 6.45) is 3.84. The fraction of sp³-hybridized carbons (Fsp3) is 0.250. The van der Waals surface area contributed by atoms with Gasteiger partial charge in [0, 0.05) is 13.1 Å². The zero-order chi connectivity index (χ0) is 16.1. The fourth-order valence-corrected chi connectivity index (χ4v) is 3.00. The molecular formula is C20H22ClNO2. The molecule has 0 aromatic heterocycles. The normalized spacial score (nSPS) is 16.6. The van der Waals surface area contributed by atoms with Crippen molar-refractivity contribution < 1.29 is 9.90 Å². The van der Waals surface area contributed by atoms with E-state index in [9.17, 15) is 4.79 Å². The third-order valence-electron chi connectivity index (χ3n) is 4.35. The zero-order valence-electron chi connectivity index (χ0n) is 13.5. The van der Waals surface area contributed by atoms with Crippen molar-refractivity contribution in [2.75, 3.05) is 13.1 Å². The summed E-state index contributed by atoms with van der Waals surface area (Å²) in [6, 6.07) is 20.4. The van der Waals surface area contributed by atoms with E-state index in [0.717, 1.165) is 25.9 Å². The van der Waals surface area contributed by atoms with Gasteiger partial charge >= 0.3 is 5.97 Å². The number of halogens is 1. The molecule has 1 atom stereocenters. The number of aliphatic carboxylic acids is 1. The Kier molecular flexibility index (Phi) is 6.59. The van der Waals surface area contributed by atoms with E-state index < -0.39 is 5.97 Å². The van der Waals surface area contributed by atoms with Crippen molar-refractivity contribution in [3.05, 3.63) is 77.9 Å². The third kappa shape index (κ3) is 4.25. The van der Waals surface area contributed by atoms with E-state index in [0.29, 0.717) is 0 Å². The molecule has 2 aromatic rings. The first-order valence-corrected chi connectivity index (χ1v) is 8.03. The Bertz CT molecular complexity index is 644. The van der Waals surface area contributed by atoms with E-state index in [1.165, 1.54) is 16.7 Å². The highest BCUT2D eigenvalue weighted by Gasteiger charge is 2.32. The first-order chi connectivity index (χ1) is 11.3. The van der Waals surface area contributed by atoms with Crippen LogP contribution in [0.4, 0.5) is 0 Å². The van der Waals surface area contributed by atoms with Crippen molar-refractivity contribution in [1.82, 2.24) is 4.90 Å². The molecule has 0 amide bonds. The molecule has 1 heterocycles. The van der Waals surface area contributed by atoms with Crippen molar-refractivity contribution in [3.8, 4) is 0 Å². The Labute approximate surface area is 149 Å². The van der Waals surface area contributed by atoms with Crippen molar-refractivity contribution in [2.45, 2.75) is 18.9 Å². The van der Waals surface area contributed by atoms with Crippen LogP contribution in [0.1, 0.15) is 24.0 Å². The average molecular weight is 344 g/mol. The van der Waals surface area contributed by atoms with Crippen molar-refractivity contribution in [2.24, 2.45) is 0 Å². The topological polar surface area (TPSA) is 40.5 Å². The minimum Gasteiger partial charge on any atom is -0.480 e. The highest BCUT2D eigenvalue weighted by atomic mass is 35.5. The molecule has 1 fully saturated rings.